The van der Waals surface area contributed by atoms with Gasteiger partial charge in [0.1, 0.15) is 0 Å². The van der Waals surface area contributed by atoms with Gasteiger partial charge in [-0.25, -0.2) is 0 Å². The lowest BCUT2D eigenvalue weighted by Gasteiger charge is -2.02. The van der Waals surface area contributed by atoms with Crippen LogP contribution in [0.15, 0.2) is 11.6 Å². The van der Waals surface area contributed by atoms with E-state index in [4.69, 9.17) is 5.73 Å². The number of rotatable bonds is 1. The maximum Gasteiger partial charge on any atom is 0.0229 e. The Kier molecular flexibility index (Phi) is 1.91. The molecule has 1 nitrogen and oxygen atoms in total. The van der Waals surface area contributed by atoms with Crippen molar-refractivity contribution in [1.82, 2.24) is 0 Å². The van der Waals surface area contributed by atoms with Crippen LogP contribution in [0, 0.1) is 5.92 Å². The molecule has 0 aromatic rings. The van der Waals surface area contributed by atoms with Gasteiger partial charge in [-0.1, -0.05) is 25.5 Å². The highest BCUT2D eigenvalue weighted by atomic mass is 14.6. The maximum atomic E-state index is 5.69. The number of allylic oxidation sites excluding steroid dienone is 1. The first kappa shape index (κ1) is 6.81. The average Bonchev–Trinajstić information content (AvgIpc) is 2.14. The molecule has 0 heterocycles. The molecular formula is C8H15N. The fourth-order valence-corrected chi connectivity index (χ4v) is 1.26. The standard InChI is InChI=1S/C8H15N/c1-6(2)7-3-4-8(9)5-7/h5-6,8H,3-4,9H2,1-2H3. The SMILES string of the molecule is CC(C)C1=CC(N)CC1. The smallest absolute Gasteiger partial charge is 0.0229 e. The zero-order valence-electron chi connectivity index (χ0n) is 6.22. The zero-order chi connectivity index (χ0) is 6.85. The molecular weight excluding hydrogens is 110 g/mol. The number of hydrogen-bond donors (Lipinski definition) is 1. The lowest BCUT2D eigenvalue weighted by Crippen LogP contribution is -2.11. The fourth-order valence-electron chi connectivity index (χ4n) is 1.26. The van der Waals surface area contributed by atoms with Gasteiger partial charge in [0, 0.05) is 6.04 Å². The van der Waals surface area contributed by atoms with Gasteiger partial charge >= 0.3 is 0 Å². The molecule has 1 aliphatic carbocycles. The van der Waals surface area contributed by atoms with Crippen LogP contribution in [-0.4, -0.2) is 6.04 Å². The second-order valence-corrected chi connectivity index (χ2v) is 3.10. The molecule has 0 fully saturated rings. The molecule has 1 atom stereocenters. The topological polar surface area (TPSA) is 26.0 Å². The number of nitrogens with two attached hydrogens (primary N) is 1. The van der Waals surface area contributed by atoms with Crippen LogP contribution < -0.4 is 5.73 Å². The second kappa shape index (κ2) is 2.53. The maximum absolute atomic E-state index is 5.69. The van der Waals surface area contributed by atoms with Crippen molar-refractivity contribution in [2.75, 3.05) is 0 Å². The summed E-state index contributed by atoms with van der Waals surface area (Å²) in [7, 11) is 0. The Hall–Kier alpha value is -0.300. The lowest BCUT2D eigenvalue weighted by molar-refractivity contribution is 0.709. The van der Waals surface area contributed by atoms with Crippen molar-refractivity contribution >= 4 is 0 Å². The first-order valence-corrected chi connectivity index (χ1v) is 3.66. The molecule has 0 amide bonds. The summed E-state index contributed by atoms with van der Waals surface area (Å²) >= 11 is 0. The predicted molar refractivity (Wildman–Crippen MR) is 40.1 cm³/mol. The van der Waals surface area contributed by atoms with Crippen LogP contribution in [0.3, 0.4) is 0 Å². The molecule has 0 saturated carbocycles. The van der Waals surface area contributed by atoms with Crippen molar-refractivity contribution in [3.63, 3.8) is 0 Å². The summed E-state index contributed by atoms with van der Waals surface area (Å²) in [6.45, 7) is 4.45. The highest BCUT2D eigenvalue weighted by Crippen LogP contribution is 2.23. The van der Waals surface area contributed by atoms with E-state index in [1.54, 1.807) is 5.57 Å². The third kappa shape index (κ3) is 1.55. The van der Waals surface area contributed by atoms with E-state index in [1.165, 1.54) is 6.42 Å². The minimum Gasteiger partial charge on any atom is -0.324 e. The molecule has 0 aromatic heterocycles. The molecule has 9 heavy (non-hydrogen) atoms. The van der Waals surface area contributed by atoms with Gasteiger partial charge in [-0.3, -0.25) is 0 Å². The van der Waals surface area contributed by atoms with E-state index in [1.807, 2.05) is 0 Å². The van der Waals surface area contributed by atoms with Gasteiger partial charge in [-0.15, -0.1) is 0 Å². The van der Waals surface area contributed by atoms with Gasteiger partial charge in [0.05, 0.1) is 0 Å². The molecule has 0 bridgehead atoms. The summed E-state index contributed by atoms with van der Waals surface area (Å²) in [6, 6.07) is 0.349. The van der Waals surface area contributed by atoms with Gasteiger partial charge in [0.15, 0.2) is 0 Å². The van der Waals surface area contributed by atoms with Crippen LogP contribution in [0.4, 0.5) is 0 Å². The van der Waals surface area contributed by atoms with Crippen molar-refractivity contribution in [1.29, 1.82) is 0 Å². The zero-order valence-corrected chi connectivity index (χ0v) is 6.22. The first-order valence-electron chi connectivity index (χ1n) is 3.66. The Labute approximate surface area is 56.9 Å². The molecule has 0 spiro atoms. The molecule has 2 N–H and O–H groups in total. The fraction of sp³-hybridized carbons (Fsp3) is 0.750. The summed E-state index contributed by atoms with van der Waals surface area (Å²) < 4.78 is 0. The highest BCUT2D eigenvalue weighted by molar-refractivity contribution is 5.14. The van der Waals surface area contributed by atoms with Crippen molar-refractivity contribution in [2.24, 2.45) is 11.7 Å². The Morgan fingerprint density at radius 2 is 2.33 bits per heavy atom. The van der Waals surface area contributed by atoms with Gasteiger partial charge in [0.25, 0.3) is 0 Å². The highest BCUT2D eigenvalue weighted by Gasteiger charge is 2.13. The summed E-state index contributed by atoms with van der Waals surface area (Å²) in [5.41, 5.74) is 7.23. The second-order valence-electron chi connectivity index (χ2n) is 3.10. The van der Waals surface area contributed by atoms with E-state index >= 15 is 0 Å². The summed E-state index contributed by atoms with van der Waals surface area (Å²) in [5, 5.41) is 0. The summed E-state index contributed by atoms with van der Waals surface area (Å²) in [4.78, 5) is 0. The molecule has 1 aliphatic rings. The van der Waals surface area contributed by atoms with Crippen LogP contribution in [0.25, 0.3) is 0 Å². The molecule has 1 unspecified atom stereocenters. The van der Waals surface area contributed by atoms with Gasteiger partial charge in [-0.05, 0) is 18.8 Å². The van der Waals surface area contributed by atoms with Crippen LogP contribution in [0.5, 0.6) is 0 Å². The van der Waals surface area contributed by atoms with Crippen molar-refractivity contribution in [2.45, 2.75) is 32.7 Å². The van der Waals surface area contributed by atoms with Crippen molar-refractivity contribution < 1.29 is 0 Å². The summed E-state index contributed by atoms with van der Waals surface area (Å²) in [5.74, 6) is 0.707. The van der Waals surface area contributed by atoms with Gasteiger partial charge in [0.2, 0.25) is 0 Å². The van der Waals surface area contributed by atoms with Crippen molar-refractivity contribution in [3.8, 4) is 0 Å². The Morgan fingerprint density at radius 3 is 2.56 bits per heavy atom. The van der Waals surface area contributed by atoms with Crippen molar-refractivity contribution in [3.05, 3.63) is 11.6 Å². The molecule has 1 rings (SSSR count). The molecule has 1 heteroatoms. The average molecular weight is 125 g/mol. The molecule has 0 aliphatic heterocycles. The quantitative estimate of drug-likeness (QED) is 0.530. The van der Waals surface area contributed by atoms with E-state index in [0.717, 1.165) is 6.42 Å². The molecule has 52 valence electrons. The molecule has 0 aromatic carbocycles. The molecule has 0 radical (unpaired) electrons. The Morgan fingerprint density at radius 1 is 1.67 bits per heavy atom. The monoisotopic (exact) mass is 125 g/mol. The third-order valence-corrected chi connectivity index (χ3v) is 1.94. The van der Waals surface area contributed by atoms with Crippen LogP contribution >= 0.6 is 0 Å². The first-order chi connectivity index (χ1) is 4.20. The summed E-state index contributed by atoms with van der Waals surface area (Å²) in [6.07, 6.45) is 4.59. The van der Waals surface area contributed by atoms with Crippen LogP contribution in [0.1, 0.15) is 26.7 Å². The van der Waals surface area contributed by atoms with E-state index in [2.05, 4.69) is 19.9 Å². The molecule has 0 saturated heterocycles. The van der Waals surface area contributed by atoms with Gasteiger partial charge < -0.3 is 5.73 Å². The minimum atomic E-state index is 0.349. The van der Waals surface area contributed by atoms with Gasteiger partial charge in [-0.2, -0.15) is 0 Å². The minimum absolute atomic E-state index is 0.349. The van der Waals surface area contributed by atoms with Crippen LogP contribution in [0.2, 0.25) is 0 Å². The number of hydrogen-bond acceptors (Lipinski definition) is 1. The van der Waals surface area contributed by atoms with E-state index in [9.17, 15) is 0 Å². The third-order valence-electron chi connectivity index (χ3n) is 1.94. The van der Waals surface area contributed by atoms with E-state index < -0.39 is 0 Å². The van der Waals surface area contributed by atoms with Crippen LogP contribution in [-0.2, 0) is 0 Å². The Balaban J connectivity index is 2.52. The normalized spacial score (nSPS) is 27.1. The largest absolute Gasteiger partial charge is 0.324 e. The van der Waals surface area contributed by atoms with E-state index in [-0.39, 0.29) is 0 Å². The predicted octanol–water partition coefficient (Wildman–Crippen LogP) is 1.69. The van der Waals surface area contributed by atoms with E-state index in [0.29, 0.717) is 12.0 Å². The lowest BCUT2D eigenvalue weighted by atomic mass is 10.0. The Bertz CT molecular complexity index is 125.